The molecule has 0 aliphatic heterocycles. The summed E-state index contributed by atoms with van der Waals surface area (Å²) in [4.78, 5) is 0. The first-order chi connectivity index (χ1) is 16.6. The SMILES string of the molecule is Cc1cc(C(C)(C)c2ccc(OCC(O)Cn3nnc(CO)c3[123I])cc2)ccc1OCC(C)CCl. The first-order valence-electron chi connectivity index (χ1n) is 11.6. The van der Waals surface area contributed by atoms with Crippen molar-refractivity contribution >= 4 is 34.2 Å². The lowest BCUT2D eigenvalue weighted by molar-refractivity contribution is 0.0881. The Balaban J connectivity index is 1.60. The van der Waals surface area contributed by atoms with Gasteiger partial charge >= 0.3 is 0 Å². The van der Waals surface area contributed by atoms with E-state index in [1.165, 1.54) is 5.56 Å². The number of benzene rings is 2. The monoisotopic (exact) mass is 609 g/mol. The van der Waals surface area contributed by atoms with Crippen molar-refractivity contribution in [3.63, 3.8) is 0 Å². The summed E-state index contributed by atoms with van der Waals surface area (Å²) in [6.07, 6.45) is -0.760. The highest BCUT2D eigenvalue weighted by atomic mass is 123. The molecule has 0 aliphatic rings. The predicted octanol–water partition coefficient (Wildman–Crippen LogP) is 4.70. The molecule has 0 spiro atoms. The molecule has 2 N–H and O–H groups in total. The number of halogens is 2. The molecule has 190 valence electrons. The van der Waals surface area contributed by atoms with Crippen LogP contribution in [0, 0.1) is 16.5 Å². The molecule has 0 amide bonds. The van der Waals surface area contributed by atoms with Gasteiger partial charge in [-0.05, 0) is 64.4 Å². The highest BCUT2D eigenvalue weighted by Gasteiger charge is 2.24. The summed E-state index contributed by atoms with van der Waals surface area (Å²) in [6, 6.07) is 14.3. The molecule has 0 saturated heterocycles. The Morgan fingerprint density at radius 1 is 1.09 bits per heavy atom. The third-order valence-corrected chi connectivity index (χ3v) is 7.68. The fourth-order valence-corrected chi connectivity index (χ4v) is 4.27. The van der Waals surface area contributed by atoms with Crippen LogP contribution in [-0.2, 0) is 18.6 Å². The van der Waals surface area contributed by atoms with Crippen LogP contribution in [0.1, 0.15) is 43.2 Å². The number of nitrogens with zero attached hydrogens (tertiary/aromatic N) is 3. The summed E-state index contributed by atoms with van der Waals surface area (Å²) in [5.74, 6) is 2.45. The molecule has 0 radical (unpaired) electrons. The van der Waals surface area contributed by atoms with Gasteiger partial charge in [0.05, 0.1) is 19.8 Å². The number of alkyl halides is 1. The number of hydrogen-bond donors (Lipinski definition) is 2. The minimum Gasteiger partial charge on any atom is -0.493 e. The first-order valence-corrected chi connectivity index (χ1v) is 13.2. The first kappa shape index (κ1) is 27.7. The maximum Gasteiger partial charge on any atom is 0.125 e. The molecule has 3 rings (SSSR count). The van der Waals surface area contributed by atoms with Crippen molar-refractivity contribution in [3.05, 3.63) is 68.5 Å². The number of aromatic nitrogens is 3. The van der Waals surface area contributed by atoms with E-state index in [0.29, 0.717) is 33.5 Å². The molecular weight excluding hydrogens is 577 g/mol. The van der Waals surface area contributed by atoms with Gasteiger partial charge in [-0.2, -0.15) is 0 Å². The number of ether oxygens (including phenoxy) is 2. The smallest absolute Gasteiger partial charge is 0.125 e. The summed E-state index contributed by atoms with van der Waals surface area (Å²) in [5.41, 5.74) is 3.73. The maximum absolute atomic E-state index is 10.3. The van der Waals surface area contributed by atoms with Gasteiger partial charge in [0.2, 0.25) is 0 Å². The predicted molar refractivity (Wildman–Crippen MR) is 145 cm³/mol. The molecule has 1 heterocycles. The van der Waals surface area contributed by atoms with Gasteiger partial charge in [-0.1, -0.05) is 50.3 Å². The van der Waals surface area contributed by atoms with Crippen LogP contribution in [0.5, 0.6) is 11.5 Å². The second-order valence-electron chi connectivity index (χ2n) is 9.33. The number of aliphatic hydroxyl groups excluding tert-OH is 2. The average Bonchev–Trinajstić information content (AvgIpc) is 3.20. The van der Waals surface area contributed by atoms with E-state index in [-0.39, 0.29) is 25.2 Å². The van der Waals surface area contributed by atoms with E-state index in [0.717, 1.165) is 16.9 Å². The van der Waals surface area contributed by atoms with Crippen LogP contribution in [0.2, 0.25) is 0 Å². The Hall–Kier alpha value is -1.88. The minimum absolute atomic E-state index is 0.121. The third-order valence-electron chi connectivity index (χ3n) is 5.97. The highest BCUT2D eigenvalue weighted by Crippen LogP contribution is 2.34. The van der Waals surface area contributed by atoms with E-state index in [2.05, 4.69) is 84.9 Å². The average molecular weight is 610 g/mol. The minimum atomic E-state index is -0.760. The third kappa shape index (κ3) is 7.09. The largest absolute Gasteiger partial charge is 0.493 e. The molecule has 0 saturated carbocycles. The summed E-state index contributed by atoms with van der Waals surface area (Å²) in [6.45, 7) is 9.29. The Morgan fingerprint density at radius 2 is 1.77 bits per heavy atom. The Bertz CT molecular complexity index is 1100. The maximum atomic E-state index is 10.3. The van der Waals surface area contributed by atoms with Gasteiger partial charge in [-0.3, -0.25) is 0 Å². The second kappa shape index (κ2) is 12.4. The fourth-order valence-electron chi connectivity index (χ4n) is 3.61. The Kier molecular flexibility index (Phi) is 9.80. The van der Waals surface area contributed by atoms with Crippen LogP contribution >= 0.6 is 34.2 Å². The second-order valence-corrected chi connectivity index (χ2v) is 10.7. The summed E-state index contributed by atoms with van der Waals surface area (Å²) < 4.78 is 14.0. The van der Waals surface area contributed by atoms with Crippen molar-refractivity contribution in [3.8, 4) is 11.5 Å². The molecule has 2 atom stereocenters. The molecule has 1 aromatic heterocycles. The van der Waals surface area contributed by atoms with Crippen LogP contribution in [-0.4, -0.2) is 50.4 Å². The molecule has 9 heteroatoms. The van der Waals surface area contributed by atoms with Gasteiger partial charge in [-0.25, -0.2) is 4.68 Å². The van der Waals surface area contributed by atoms with Gasteiger partial charge < -0.3 is 19.7 Å². The van der Waals surface area contributed by atoms with Gasteiger partial charge in [0.1, 0.15) is 33.6 Å². The van der Waals surface area contributed by atoms with E-state index in [9.17, 15) is 10.2 Å². The lowest BCUT2D eigenvalue weighted by Gasteiger charge is -2.27. The summed E-state index contributed by atoms with van der Waals surface area (Å²) >= 11 is 7.94. The van der Waals surface area contributed by atoms with Crippen molar-refractivity contribution < 1.29 is 19.7 Å². The normalized spacial score (nSPS) is 13.5. The summed E-state index contributed by atoms with van der Waals surface area (Å²) in [5, 5.41) is 27.4. The van der Waals surface area contributed by atoms with E-state index in [1.54, 1.807) is 4.68 Å². The van der Waals surface area contributed by atoms with E-state index >= 15 is 0 Å². The number of aryl methyl sites for hydroxylation is 1. The molecule has 0 fully saturated rings. The van der Waals surface area contributed by atoms with Crippen LogP contribution in [0.3, 0.4) is 0 Å². The van der Waals surface area contributed by atoms with E-state index < -0.39 is 6.10 Å². The zero-order valence-electron chi connectivity index (χ0n) is 20.5. The molecule has 35 heavy (non-hydrogen) atoms. The van der Waals surface area contributed by atoms with Crippen molar-refractivity contribution in [2.24, 2.45) is 5.92 Å². The van der Waals surface area contributed by atoms with Crippen molar-refractivity contribution in [1.29, 1.82) is 0 Å². The molecule has 0 aliphatic carbocycles. The van der Waals surface area contributed by atoms with Crippen LogP contribution in [0.4, 0.5) is 0 Å². The zero-order valence-corrected chi connectivity index (χ0v) is 23.5. The molecule has 7 nitrogen and oxygen atoms in total. The lowest BCUT2D eigenvalue weighted by atomic mass is 9.77. The van der Waals surface area contributed by atoms with Crippen molar-refractivity contribution in [2.75, 3.05) is 19.1 Å². The fraction of sp³-hybridized carbons (Fsp3) is 0.462. The Labute approximate surface area is 225 Å². The number of aliphatic hydroxyl groups is 2. The van der Waals surface area contributed by atoms with E-state index in [1.807, 2.05) is 18.2 Å². The number of rotatable bonds is 12. The van der Waals surface area contributed by atoms with Gasteiger partial charge in [0.15, 0.2) is 0 Å². The van der Waals surface area contributed by atoms with Gasteiger partial charge in [-0.15, -0.1) is 16.7 Å². The summed E-state index contributed by atoms with van der Waals surface area (Å²) in [7, 11) is 0. The Morgan fingerprint density at radius 3 is 2.37 bits per heavy atom. The van der Waals surface area contributed by atoms with Crippen molar-refractivity contribution in [1.82, 2.24) is 15.0 Å². The quantitative estimate of drug-likeness (QED) is 0.229. The topological polar surface area (TPSA) is 89.6 Å². The molecular formula is C26H33ClIN3O4. The zero-order chi connectivity index (χ0) is 25.6. The van der Waals surface area contributed by atoms with Crippen LogP contribution in [0.25, 0.3) is 0 Å². The molecule has 2 aromatic carbocycles. The molecule has 2 unspecified atom stereocenters. The van der Waals surface area contributed by atoms with Crippen molar-refractivity contribution in [2.45, 2.75) is 52.4 Å². The van der Waals surface area contributed by atoms with Crippen LogP contribution in [0.15, 0.2) is 42.5 Å². The highest BCUT2D eigenvalue weighted by molar-refractivity contribution is 14.1. The van der Waals surface area contributed by atoms with Crippen LogP contribution < -0.4 is 9.47 Å². The number of hydrogen-bond acceptors (Lipinski definition) is 6. The molecule has 3 aromatic rings. The van der Waals surface area contributed by atoms with Gasteiger partial charge in [0, 0.05) is 17.2 Å². The lowest BCUT2D eigenvalue weighted by Crippen LogP contribution is -2.25. The standard InChI is InChI=1S/C26H33ClIN3O4/c1-17(12-27)15-35-24-10-7-20(11-18(24)2)26(3,4)19-5-8-22(9-6-19)34-16-21(33)13-31-25(28)23(14-32)29-30-31/h5-11,17,21,32-33H,12-16H2,1-4H3/i28-4. The molecule has 0 bridgehead atoms. The van der Waals surface area contributed by atoms with E-state index in [4.69, 9.17) is 21.1 Å². The van der Waals surface area contributed by atoms with Gasteiger partial charge in [0.25, 0.3) is 0 Å².